The van der Waals surface area contributed by atoms with Crippen LogP contribution >= 0.6 is 0 Å². The predicted octanol–water partition coefficient (Wildman–Crippen LogP) is 3.02. The summed E-state index contributed by atoms with van der Waals surface area (Å²) in [5, 5.41) is 3.58. The van der Waals surface area contributed by atoms with Gasteiger partial charge < -0.3 is 15.2 Å². The van der Waals surface area contributed by atoms with Crippen molar-refractivity contribution in [1.82, 2.24) is 20.2 Å². The topological polar surface area (TPSA) is 81.3 Å². The number of anilines is 1. The summed E-state index contributed by atoms with van der Waals surface area (Å²) in [5.41, 5.74) is 1.15. The number of carbonyl (C=O) groups is 1. The maximum Gasteiger partial charge on any atom is 0.269 e. The molecule has 3 heterocycles. The van der Waals surface area contributed by atoms with Crippen molar-refractivity contribution in [3.8, 4) is 0 Å². The van der Waals surface area contributed by atoms with Crippen LogP contribution in [-0.2, 0) is 0 Å². The molecule has 1 amide bonds. The van der Waals surface area contributed by atoms with E-state index in [1.54, 1.807) is 18.2 Å². The minimum atomic E-state index is -0.629. The third kappa shape index (κ3) is 4.27. The van der Waals surface area contributed by atoms with Crippen LogP contribution in [0.4, 0.5) is 14.5 Å². The quantitative estimate of drug-likeness (QED) is 0.577. The van der Waals surface area contributed by atoms with Gasteiger partial charge in [-0.25, -0.2) is 9.37 Å². The normalized spacial score (nSPS) is 21.2. The van der Waals surface area contributed by atoms with Gasteiger partial charge in [-0.1, -0.05) is 6.07 Å². The molecule has 1 aromatic carbocycles. The van der Waals surface area contributed by atoms with Crippen molar-refractivity contribution in [2.75, 3.05) is 38.1 Å². The first-order valence-electron chi connectivity index (χ1n) is 11.6. The first kappa shape index (κ1) is 22.5. The van der Waals surface area contributed by atoms with Gasteiger partial charge in [0.05, 0.1) is 5.69 Å². The van der Waals surface area contributed by atoms with Gasteiger partial charge in [0.2, 0.25) is 5.95 Å². The summed E-state index contributed by atoms with van der Waals surface area (Å²) in [6.07, 6.45) is 2.96. The zero-order valence-corrected chi connectivity index (χ0v) is 19.0. The fourth-order valence-corrected chi connectivity index (χ4v) is 5.29. The molecule has 1 aliphatic heterocycles. The molecule has 2 fully saturated rings. The zero-order valence-electron chi connectivity index (χ0n) is 19.0. The first-order valence-corrected chi connectivity index (χ1v) is 11.6. The van der Waals surface area contributed by atoms with Crippen molar-refractivity contribution in [3.63, 3.8) is 0 Å². The molecule has 7 nitrogen and oxygen atoms in total. The molecule has 1 aliphatic carbocycles. The fraction of sp³-hybridized carbons (Fsp3) is 0.400. The van der Waals surface area contributed by atoms with E-state index in [0.717, 1.165) is 43.4 Å². The summed E-state index contributed by atoms with van der Waals surface area (Å²) in [6.45, 7) is 2.97. The number of H-pyrrole nitrogens is 1. The van der Waals surface area contributed by atoms with Crippen LogP contribution in [0.25, 0.3) is 10.8 Å². The first-order chi connectivity index (χ1) is 16.4. The van der Waals surface area contributed by atoms with Gasteiger partial charge in [0.15, 0.2) is 0 Å². The van der Waals surface area contributed by atoms with Crippen LogP contribution in [-0.4, -0.2) is 60.0 Å². The van der Waals surface area contributed by atoms with E-state index < -0.39 is 17.7 Å². The van der Waals surface area contributed by atoms with Gasteiger partial charge >= 0.3 is 0 Å². The number of rotatable bonds is 4. The number of pyridine rings is 2. The Balaban J connectivity index is 1.22. The fourth-order valence-electron chi connectivity index (χ4n) is 5.29. The maximum atomic E-state index is 14.5. The summed E-state index contributed by atoms with van der Waals surface area (Å²) in [6, 6.07) is 9.86. The van der Waals surface area contributed by atoms with Crippen molar-refractivity contribution in [1.29, 1.82) is 0 Å². The second-order valence-corrected chi connectivity index (χ2v) is 9.06. The molecule has 2 aliphatic rings. The molecule has 1 saturated carbocycles. The highest BCUT2D eigenvalue weighted by Gasteiger charge is 2.33. The second kappa shape index (κ2) is 9.13. The second-order valence-electron chi connectivity index (χ2n) is 9.06. The lowest BCUT2D eigenvalue weighted by molar-refractivity contribution is 0.0957. The van der Waals surface area contributed by atoms with E-state index in [2.05, 4.69) is 20.2 Å². The van der Waals surface area contributed by atoms with E-state index in [1.807, 2.05) is 11.0 Å². The number of amides is 1. The molecule has 9 heteroatoms. The van der Waals surface area contributed by atoms with Crippen molar-refractivity contribution < 1.29 is 13.6 Å². The highest BCUT2D eigenvalue weighted by Crippen LogP contribution is 2.37. The number of hydrogen-bond donors (Lipinski definition) is 2. The lowest BCUT2D eigenvalue weighted by Crippen LogP contribution is -2.50. The monoisotopic (exact) mass is 467 g/mol. The van der Waals surface area contributed by atoms with Crippen LogP contribution in [0.3, 0.4) is 0 Å². The minimum Gasteiger partial charge on any atom is -0.365 e. The number of fused-ring (bicyclic) bond motifs is 1. The van der Waals surface area contributed by atoms with E-state index in [9.17, 15) is 18.4 Å². The summed E-state index contributed by atoms with van der Waals surface area (Å²) >= 11 is 0. The van der Waals surface area contributed by atoms with Gasteiger partial charge in [-0.3, -0.25) is 14.5 Å². The van der Waals surface area contributed by atoms with Gasteiger partial charge in [0.25, 0.3) is 11.5 Å². The number of aromatic amines is 1. The Hall–Kier alpha value is -3.33. The molecule has 2 N–H and O–H groups in total. The summed E-state index contributed by atoms with van der Waals surface area (Å²) in [5.74, 6) is -1.20. The molecule has 2 unspecified atom stereocenters. The van der Waals surface area contributed by atoms with E-state index in [-0.39, 0.29) is 17.2 Å². The Morgan fingerprint density at radius 2 is 1.88 bits per heavy atom. The predicted molar refractivity (Wildman–Crippen MR) is 126 cm³/mol. The molecule has 2 atom stereocenters. The summed E-state index contributed by atoms with van der Waals surface area (Å²) in [7, 11) is 1.49. The van der Waals surface area contributed by atoms with Crippen LogP contribution < -0.4 is 15.8 Å². The number of piperazine rings is 1. The molecule has 1 saturated heterocycles. The van der Waals surface area contributed by atoms with Crippen LogP contribution in [0.15, 0.2) is 41.2 Å². The van der Waals surface area contributed by atoms with Crippen molar-refractivity contribution >= 4 is 22.4 Å². The average molecular weight is 468 g/mol. The molecule has 2 aromatic heterocycles. The highest BCUT2D eigenvalue weighted by atomic mass is 19.1. The Morgan fingerprint density at radius 1 is 1.09 bits per heavy atom. The minimum absolute atomic E-state index is 0.0660. The summed E-state index contributed by atoms with van der Waals surface area (Å²) < 4.78 is 28.0. The van der Waals surface area contributed by atoms with Crippen molar-refractivity contribution in [3.05, 3.63) is 69.9 Å². The maximum absolute atomic E-state index is 14.5. The molecule has 5 rings (SSSR count). The van der Waals surface area contributed by atoms with Gasteiger partial charge in [-0.15, -0.1) is 0 Å². The molecule has 34 heavy (non-hydrogen) atoms. The van der Waals surface area contributed by atoms with Crippen molar-refractivity contribution in [2.45, 2.75) is 31.2 Å². The standard InChI is InChI=1S/C25H27F2N5O2/c1-28-25(34)20-6-7-22(23(27)29-20)32-10-8-31(9-11-32)18-5-3-16(12-18)21-13-15-2-4-17(26)14-19(15)24(33)30-21/h2,4,6-7,13-14,16,18H,3,5,8-12H2,1H3,(H,28,34)(H,30,33). The van der Waals surface area contributed by atoms with Crippen LogP contribution in [0, 0.1) is 11.8 Å². The van der Waals surface area contributed by atoms with Crippen LogP contribution in [0.5, 0.6) is 0 Å². The van der Waals surface area contributed by atoms with E-state index in [1.165, 1.54) is 19.2 Å². The van der Waals surface area contributed by atoms with Crippen LogP contribution in [0.1, 0.15) is 41.4 Å². The highest BCUT2D eigenvalue weighted by molar-refractivity contribution is 5.92. The summed E-state index contributed by atoms with van der Waals surface area (Å²) in [4.78, 5) is 35.3. The van der Waals surface area contributed by atoms with E-state index >= 15 is 0 Å². The van der Waals surface area contributed by atoms with Gasteiger partial charge in [0, 0.05) is 56.3 Å². The third-order valence-electron chi connectivity index (χ3n) is 7.13. The Bertz CT molecular complexity index is 1290. The number of nitrogens with one attached hydrogen (secondary N) is 2. The molecule has 0 spiro atoms. The zero-order chi connectivity index (χ0) is 23.8. The number of carbonyl (C=O) groups excluding carboxylic acids is 1. The number of benzene rings is 1. The SMILES string of the molecule is CNC(=O)c1ccc(N2CCN(C3CCC(c4cc5ccc(F)cc5c(=O)[nH]4)C3)CC2)c(F)n1. The molecule has 0 radical (unpaired) electrons. The third-order valence-corrected chi connectivity index (χ3v) is 7.13. The Morgan fingerprint density at radius 3 is 2.62 bits per heavy atom. The van der Waals surface area contributed by atoms with Gasteiger partial charge in [-0.2, -0.15) is 4.39 Å². The van der Waals surface area contributed by atoms with Crippen LogP contribution in [0.2, 0.25) is 0 Å². The molecule has 0 bridgehead atoms. The molecule has 178 valence electrons. The molecular weight excluding hydrogens is 440 g/mol. The Kier molecular flexibility index (Phi) is 6.03. The largest absolute Gasteiger partial charge is 0.365 e. The Labute approximate surface area is 195 Å². The number of halogens is 2. The van der Waals surface area contributed by atoms with E-state index in [0.29, 0.717) is 30.2 Å². The molecule has 3 aromatic rings. The number of nitrogens with zero attached hydrogens (tertiary/aromatic N) is 3. The lowest BCUT2D eigenvalue weighted by atomic mass is 10.0. The number of aromatic nitrogens is 2. The van der Waals surface area contributed by atoms with E-state index in [4.69, 9.17) is 0 Å². The van der Waals surface area contributed by atoms with Gasteiger partial charge in [0.1, 0.15) is 11.5 Å². The smallest absolute Gasteiger partial charge is 0.269 e. The van der Waals surface area contributed by atoms with Gasteiger partial charge in [-0.05, 0) is 55.0 Å². The van der Waals surface area contributed by atoms with Crippen molar-refractivity contribution in [2.24, 2.45) is 0 Å². The number of hydrogen-bond acceptors (Lipinski definition) is 5. The molecular formula is C25H27F2N5O2. The average Bonchev–Trinajstić information content (AvgIpc) is 3.34. The lowest BCUT2D eigenvalue weighted by Gasteiger charge is -2.39.